The lowest BCUT2D eigenvalue weighted by Gasteiger charge is -2.19. The Labute approximate surface area is 212 Å². The van der Waals surface area contributed by atoms with E-state index in [0.717, 1.165) is 45.7 Å². The maximum absolute atomic E-state index is 11.8. The lowest BCUT2D eigenvalue weighted by atomic mass is 10.00. The fourth-order valence-corrected chi connectivity index (χ4v) is 4.36. The number of aryl methyl sites for hydroxylation is 1. The molecule has 36 heavy (non-hydrogen) atoms. The highest BCUT2D eigenvalue weighted by molar-refractivity contribution is 6.06. The fourth-order valence-electron chi connectivity index (χ4n) is 4.36. The summed E-state index contributed by atoms with van der Waals surface area (Å²) in [7, 11) is 0. The summed E-state index contributed by atoms with van der Waals surface area (Å²) in [5.41, 5.74) is 6.95. The van der Waals surface area contributed by atoms with E-state index in [-0.39, 0.29) is 11.8 Å². The first-order chi connectivity index (χ1) is 17.4. The monoisotopic (exact) mass is 476 g/mol. The Hall–Kier alpha value is -4.25. The zero-order chi connectivity index (χ0) is 25.7. The molecule has 0 saturated heterocycles. The first-order valence-electron chi connectivity index (χ1n) is 12.2. The topological polar surface area (TPSA) is 70.8 Å². The van der Waals surface area contributed by atoms with Crippen LogP contribution >= 0.6 is 0 Å². The zero-order valence-corrected chi connectivity index (χ0v) is 21.1. The van der Waals surface area contributed by atoms with E-state index in [2.05, 4.69) is 46.6 Å². The minimum Gasteiger partial charge on any atom is -0.379 e. The first kappa shape index (κ1) is 24.9. The second kappa shape index (κ2) is 11.0. The molecule has 0 spiro atoms. The van der Waals surface area contributed by atoms with E-state index in [0.29, 0.717) is 17.8 Å². The van der Waals surface area contributed by atoms with Crippen molar-refractivity contribution in [1.82, 2.24) is 14.9 Å². The number of hydrogen-bond acceptors (Lipinski definition) is 4. The van der Waals surface area contributed by atoms with Gasteiger partial charge >= 0.3 is 0 Å². The Morgan fingerprint density at radius 2 is 1.81 bits per heavy atom. The van der Waals surface area contributed by atoms with Gasteiger partial charge in [-0.25, -0.2) is 4.98 Å². The molecule has 0 amide bonds. The van der Waals surface area contributed by atoms with Crippen molar-refractivity contribution in [3.63, 3.8) is 0 Å². The van der Waals surface area contributed by atoms with Crippen molar-refractivity contribution >= 4 is 22.5 Å². The zero-order valence-electron chi connectivity index (χ0n) is 21.1. The number of Topliss-reactive ketones (excluding diaryl/α,β-unsaturated/α-hetero) is 1. The van der Waals surface area contributed by atoms with Crippen LogP contribution in [-0.2, 0) is 6.54 Å². The molecular weight excluding hydrogens is 444 g/mol. The molecule has 0 unspecified atom stereocenters. The summed E-state index contributed by atoms with van der Waals surface area (Å²) in [4.78, 5) is 16.4. The van der Waals surface area contributed by atoms with Gasteiger partial charge in [-0.1, -0.05) is 62.0 Å². The second-order valence-electron chi connectivity index (χ2n) is 8.99. The Morgan fingerprint density at radius 1 is 1.06 bits per heavy atom. The van der Waals surface area contributed by atoms with E-state index in [1.807, 2.05) is 67.6 Å². The number of benzene rings is 3. The number of carbonyl (C=O) groups excluding carboxylic acids is 1. The highest BCUT2D eigenvalue weighted by atomic mass is 16.1. The van der Waals surface area contributed by atoms with Gasteiger partial charge in [0.1, 0.15) is 5.82 Å². The van der Waals surface area contributed by atoms with Crippen molar-refractivity contribution in [1.29, 1.82) is 5.41 Å². The molecule has 0 aliphatic heterocycles. The van der Waals surface area contributed by atoms with Gasteiger partial charge in [-0.15, -0.1) is 0 Å². The van der Waals surface area contributed by atoms with E-state index >= 15 is 0 Å². The Kier molecular flexibility index (Phi) is 7.59. The maximum Gasteiger partial charge on any atom is 0.159 e. The van der Waals surface area contributed by atoms with Gasteiger partial charge in [-0.3, -0.25) is 4.79 Å². The number of ketones is 1. The molecule has 5 nitrogen and oxygen atoms in total. The average molecular weight is 477 g/mol. The third-order valence-corrected chi connectivity index (χ3v) is 6.34. The number of aromatic nitrogens is 2. The van der Waals surface area contributed by atoms with Gasteiger partial charge in [0.05, 0.1) is 22.8 Å². The standard InChI is InChI=1S/C31H32N4O/c1-5-29(27-13-9-11-25(19-27)22(3)36)33-21(2)16-17-28(32)26-12-8-10-24(18-26)20-35-23(4)34-30-14-6-7-15-31(30)35/h6-19,29,32-33H,2,5,20H2,1,3-4H3/b17-16-,32-28?/t29-/m1/s1. The van der Waals surface area contributed by atoms with Gasteiger partial charge in [-0.05, 0) is 73.4 Å². The van der Waals surface area contributed by atoms with Crippen LogP contribution in [0.5, 0.6) is 0 Å². The number of para-hydroxylation sites is 2. The Morgan fingerprint density at radius 3 is 2.58 bits per heavy atom. The molecule has 0 aliphatic carbocycles. The number of carbonyl (C=O) groups is 1. The van der Waals surface area contributed by atoms with Crippen molar-refractivity contribution in [2.24, 2.45) is 0 Å². The van der Waals surface area contributed by atoms with Gasteiger partial charge in [0.2, 0.25) is 0 Å². The molecule has 0 bridgehead atoms. The summed E-state index contributed by atoms with van der Waals surface area (Å²) >= 11 is 0. The van der Waals surface area contributed by atoms with Crippen LogP contribution in [0.3, 0.4) is 0 Å². The van der Waals surface area contributed by atoms with Gasteiger partial charge < -0.3 is 15.3 Å². The van der Waals surface area contributed by atoms with Crippen LogP contribution in [-0.4, -0.2) is 21.0 Å². The highest BCUT2D eigenvalue weighted by Crippen LogP contribution is 2.20. The molecule has 182 valence electrons. The summed E-state index contributed by atoms with van der Waals surface area (Å²) in [5.74, 6) is 1.02. The predicted molar refractivity (Wildman–Crippen MR) is 148 cm³/mol. The summed E-state index contributed by atoms with van der Waals surface area (Å²) in [6.07, 6.45) is 4.45. The fraction of sp³-hybridized carbons (Fsp3) is 0.194. The summed E-state index contributed by atoms with van der Waals surface area (Å²) < 4.78 is 2.20. The summed E-state index contributed by atoms with van der Waals surface area (Å²) in [6, 6.07) is 23.9. The molecule has 4 rings (SSSR count). The van der Waals surface area contributed by atoms with Crippen LogP contribution in [0, 0.1) is 12.3 Å². The third-order valence-electron chi connectivity index (χ3n) is 6.34. The van der Waals surface area contributed by atoms with E-state index < -0.39 is 0 Å². The van der Waals surface area contributed by atoms with Crippen LogP contribution in [0.4, 0.5) is 0 Å². The molecule has 0 aliphatic rings. The van der Waals surface area contributed by atoms with Gasteiger partial charge in [0, 0.05) is 17.8 Å². The molecule has 2 N–H and O–H groups in total. The number of imidazole rings is 1. The first-order valence-corrected chi connectivity index (χ1v) is 12.2. The SMILES string of the molecule is C=C(/C=C\C(=N)c1cccc(Cn2c(C)nc3ccccc32)c1)N[C@H](CC)c1cccc(C(C)=O)c1. The number of hydrogen-bond donors (Lipinski definition) is 2. The molecule has 4 aromatic rings. The summed E-state index contributed by atoms with van der Waals surface area (Å²) in [6.45, 7) is 10.5. The number of fused-ring (bicyclic) bond motifs is 1. The van der Waals surface area contributed by atoms with Crippen LogP contribution in [0.25, 0.3) is 11.0 Å². The molecule has 0 saturated carbocycles. The van der Waals surface area contributed by atoms with Crippen molar-refractivity contribution in [2.75, 3.05) is 0 Å². The molecule has 5 heteroatoms. The van der Waals surface area contributed by atoms with E-state index in [1.54, 1.807) is 13.0 Å². The highest BCUT2D eigenvalue weighted by Gasteiger charge is 2.11. The molecular formula is C31H32N4O. The van der Waals surface area contributed by atoms with E-state index in [1.165, 1.54) is 0 Å². The Bertz CT molecular complexity index is 1460. The summed E-state index contributed by atoms with van der Waals surface area (Å²) in [5, 5.41) is 12.0. The maximum atomic E-state index is 11.8. The lowest BCUT2D eigenvalue weighted by molar-refractivity contribution is 0.101. The minimum absolute atomic E-state index is 0.0344. The molecule has 1 heterocycles. The van der Waals surface area contributed by atoms with Gasteiger partial charge in [-0.2, -0.15) is 0 Å². The molecule has 1 atom stereocenters. The quantitative estimate of drug-likeness (QED) is 0.151. The molecule has 3 aromatic carbocycles. The molecule has 0 radical (unpaired) electrons. The van der Waals surface area contributed by atoms with E-state index in [4.69, 9.17) is 5.41 Å². The number of rotatable bonds is 10. The van der Waals surface area contributed by atoms with Crippen LogP contribution in [0.2, 0.25) is 0 Å². The largest absolute Gasteiger partial charge is 0.379 e. The number of nitrogens with one attached hydrogen (secondary N) is 2. The van der Waals surface area contributed by atoms with Crippen LogP contribution < -0.4 is 5.32 Å². The van der Waals surface area contributed by atoms with Crippen molar-refractivity contribution in [3.05, 3.63) is 125 Å². The second-order valence-corrected chi connectivity index (χ2v) is 8.99. The Balaban J connectivity index is 1.44. The van der Waals surface area contributed by atoms with Gasteiger partial charge in [0.15, 0.2) is 5.78 Å². The van der Waals surface area contributed by atoms with Crippen molar-refractivity contribution in [2.45, 2.75) is 39.8 Å². The minimum atomic E-state index is 0.0344. The normalized spacial score (nSPS) is 12.1. The van der Waals surface area contributed by atoms with Crippen molar-refractivity contribution < 1.29 is 4.79 Å². The molecule has 0 fully saturated rings. The van der Waals surface area contributed by atoms with Crippen LogP contribution in [0.1, 0.15) is 59.2 Å². The lowest BCUT2D eigenvalue weighted by Crippen LogP contribution is -2.19. The average Bonchev–Trinajstić information content (AvgIpc) is 3.20. The third kappa shape index (κ3) is 5.69. The van der Waals surface area contributed by atoms with Crippen molar-refractivity contribution in [3.8, 4) is 0 Å². The number of allylic oxidation sites excluding steroid dienone is 2. The number of nitrogens with zero attached hydrogens (tertiary/aromatic N) is 2. The smallest absolute Gasteiger partial charge is 0.159 e. The van der Waals surface area contributed by atoms with Crippen LogP contribution in [0.15, 0.2) is 97.2 Å². The predicted octanol–water partition coefficient (Wildman–Crippen LogP) is 6.77. The van der Waals surface area contributed by atoms with Gasteiger partial charge in [0.25, 0.3) is 0 Å². The molecule has 1 aromatic heterocycles. The van der Waals surface area contributed by atoms with E-state index in [9.17, 15) is 4.79 Å².